The van der Waals surface area contributed by atoms with Crippen LogP contribution in [-0.4, -0.2) is 47.8 Å². The highest BCUT2D eigenvalue weighted by Gasteiger charge is 2.20. The molecule has 0 aliphatic carbocycles. The first kappa shape index (κ1) is 17.3. The van der Waals surface area contributed by atoms with Crippen molar-refractivity contribution in [1.29, 1.82) is 0 Å². The van der Waals surface area contributed by atoms with E-state index in [1.165, 1.54) is 0 Å². The fraction of sp³-hybridized carbons (Fsp3) is 0.467. The summed E-state index contributed by atoms with van der Waals surface area (Å²) in [6, 6.07) is 7.38. The van der Waals surface area contributed by atoms with E-state index in [0.717, 1.165) is 25.1 Å². The van der Waals surface area contributed by atoms with Crippen molar-refractivity contribution >= 4 is 29.9 Å². The molecule has 2 amide bonds. The number of hydrogen-bond donors (Lipinski definition) is 1. The fourth-order valence-corrected chi connectivity index (χ4v) is 2.40. The van der Waals surface area contributed by atoms with Gasteiger partial charge in [0.25, 0.3) is 0 Å². The predicted octanol–water partition coefficient (Wildman–Crippen LogP) is 1.31. The van der Waals surface area contributed by atoms with Gasteiger partial charge in [0.15, 0.2) is 0 Å². The van der Waals surface area contributed by atoms with Crippen LogP contribution in [0.2, 0.25) is 0 Å². The molecule has 0 unspecified atom stereocenters. The van der Waals surface area contributed by atoms with E-state index in [2.05, 4.69) is 0 Å². The van der Waals surface area contributed by atoms with Gasteiger partial charge in [0.05, 0.1) is 6.42 Å². The lowest BCUT2D eigenvalue weighted by Crippen LogP contribution is -2.37. The van der Waals surface area contributed by atoms with E-state index in [1.54, 1.807) is 11.8 Å². The molecule has 0 spiro atoms. The summed E-state index contributed by atoms with van der Waals surface area (Å²) in [6.07, 6.45) is 1.23. The molecule has 5 nitrogen and oxygen atoms in total. The second-order valence-corrected chi connectivity index (χ2v) is 5.16. The van der Waals surface area contributed by atoms with Gasteiger partial charge in [0.1, 0.15) is 0 Å². The Morgan fingerprint density at radius 1 is 1.05 bits per heavy atom. The number of halogens is 1. The van der Waals surface area contributed by atoms with E-state index in [-0.39, 0.29) is 24.2 Å². The van der Waals surface area contributed by atoms with Gasteiger partial charge in [-0.05, 0) is 24.1 Å². The van der Waals surface area contributed by atoms with Crippen molar-refractivity contribution in [3.05, 3.63) is 29.8 Å². The Morgan fingerprint density at radius 3 is 2.24 bits per heavy atom. The number of rotatable bonds is 2. The molecule has 0 atom stereocenters. The number of amides is 2. The van der Waals surface area contributed by atoms with Crippen LogP contribution >= 0.6 is 12.4 Å². The molecule has 0 saturated carbocycles. The van der Waals surface area contributed by atoms with Crippen LogP contribution in [0.4, 0.5) is 5.69 Å². The first-order valence-corrected chi connectivity index (χ1v) is 6.94. The molecular formula is C15H22ClN3O2. The normalized spacial score (nSPS) is 15.1. The predicted molar refractivity (Wildman–Crippen MR) is 85.3 cm³/mol. The molecule has 0 radical (unpaired) electrons. The summed E-state index contributed by atoms with van der Waals surface area (Å²) in [4.78, 5) is 27.3. The van der Waals surface area contributed by atoms with E-state index in [4.69, 9.17) is 5.73 Å². The summed E-state index contributed by atoms with van der Waals surface area (Å²) in [5.74, 6) is 0.193. The number of anilines is 1. The van der Waals surface area contributed by atoms with E-state index in [9.17, 15) is 9.59 Å². The minimum atomic E-state index is 0. The summed E-state index contributed by atoms with van der Waals surface area (Å²) in [7, 11) is 0. The van der Waals surface area contributed by atoms with Gasteiger partial charge in [0.2, 0.25) is 11.8 Å². The number of nitrogens with zero attached hydrogens (tertiary/aromatic N) is 2. The van der Waals surface area contributed by atoms with E-state index >= 15 is 0 Å². The highest BCUT2D eigenvalue weighted by Crippen LogP contribution is 2.10. The van der Waals surface area contributed by atoms with Gasteiger partial charge >= 0.3 is 0 Å². The fourth-order valence-electron chi connectivity index (χ4n) is 2.40. The molecule has 1 fully saturated rings. The summed E-state index contributed by atoms with van der Waals surface area (Å²) in [5.41, 5.74) is 7.30. The molecule has 2 rings (SSSR count). The summed E-state index contributed by atoms with van der Waals surface area (Å²) in [5, 5.41) is 0. The summed E-state index contributed by atoms with van der Waals surface area (Å²) >= 11 is 0. The standard InChI is InChI=1S/C15H21N3O2.ClH/c1-12(19)17-7-2-8-18(10-9-17)15(20)11-13-3-5-14(16)6-4-13;/h3-6H,2,7-11,16H2,1H3;1H. The maximum absolute atomic E-state index is 12.3. The Hall–Kier alpha value is -1.75. The van der Waals surface area contributed by atoms with Gasteiger partial charge in [-0.2, -0.15) is 0 Å². The van der Waals surface area contributed by atoms with Gasteiger partial charge in [0, 0.05) is 38.8 Å². The lowest BCUT2D eigenvalue weighted by molar-refractivity contribution is -0.132. The number of hydrogen-bond acceptors (Lipinski definition) is 3. The van der Waals surface area contributed by atoms with Crippen LogP contribution < -0.4 is 5.73 Å². The first-order valence-electron chi connectivity index (χ1n) is 6.94. The van der Waals surface area contributed by atoms with Gasteiger partial charge in [-0.15, -0.1) is 12.4 Å². The van der Waals surface area contributed by atoms with Crippen LogP contribution in [0.15, 0.2) is 24.3 Å². The SMILES string of the molecule is CC(=O)N1CCCN(C(=O)Cc2ccc(N)cc2)CC1.Cl. The minimum Gasteiger partial charge on any atom is -0.399 e. The molecule has 0 bridgehead atoms. The minimum absolute atomic E-state index is 0. The smallest absolute Gasteiger partial charge is 0.227 e. The quantitative estimate of drug-likeness (QED) is 0.838. The lowest BCUT2D eigenvalue weighted by Gasteiger charge is -2.21. The number of nitrogen functional groups attached to an aromatic ring is 1. The molecule has 1 saturated heterocycles. The molecular weight excluding hydrogens is 290 g/mol. The number of nitrogens with two attached hydrogens (primary N) is 1. The van der Waals surface area contributed by atoms with Gasteiger partial charge in [-0.3, -0.25) is 9.59 Å². The topological polar surface area (TPSA) is 66.6 Å². The number of carbonyl (C=O) groups excluding carboxylic acids is 2. The van der Waals surface area contributed by atoms with Crippen LogP contribution in [0.5, 0.6) is 0 Å². The van der Waals surface area contributed by atoms with Crippen molar-refractivity contribution in [2.24, 2.45) is 0 Å². The van der Waals surface area contributed by atoms with Crippen molar-refractivity contribution in [3.63, 3.8) is 0 Å². The highest BCUT2D eigenvalue weighted by molar-refractivity contribution is 5.85. The molecule has 2 N–H and O–H groups in total. The van der Waals surface area contributed by atoms with E-state index in [1.807, 2.05) is 29.2 Å². The van der Waals surface area contributed by atoms with Crippen molar-refractivity contribution in [2.75, 3.05) is 31.9 Å². The Kier molecular flexibility index (Phi) is 6.49. The second kappa shape index (κ2) is 7.88. The van der Waals surface area contributed by atoms with Crippen LogP contribution in [0, 0.1) is 0 Å². The molecule has 1 heterocycles. The maximum Gasteiger partial charge on any atom is 0.227 e. The number of benzene rings is 1. The summed E-state index contributed by atoms with van der Waals surface area (Å²) < 4.78 is 0. The zero-order valence-corrected chi connectivity index (χ0v) is 13.1. The average molecular weight is 312 g/mol. The largest absolute Gasteiger partial charge is 0.399 e. The van der Waals surface area contributed by atoms with Crippen LogP contribution in [-0.2, 0) is 16.0 Å². The molecule has 116 valence electrons. The van der Waals surface area contributed by atoms with Crippen LogP contribution in [0.1, 0.15) is 18.9 Å². The van der Waals surface area contributed by atoms with Crippen LogP contribution in [0.25, 0.3) is 0 Å². The molecule has 1 aromatic rings. The zero-order valence-electron chi connectivity index (χ0n) is 12.2. The Labute approximate surface area is 131 Å². The Bertz CT molecular complexity index is 490. The zero-order chi connectivity index (χ0) is 14.5. The molecule has 21 heavy (non-hydrogen) atoms. The molecule has 1 aromatic carbocycles. The third kappa shape index (κ3) is 4.93. The first-order chi connectivity index (χ1) is 9.56. The van der Waals surface area contributed by atoms with Crippen LogP contribution in [0.3, 0.4) is 0 Å². The molecule has 0 aromatic heterocycles. The van der Waals surface area contributed by atoms with Crippen molar-refractivity contribution in [2.45, 2.75) is 19.8 Å². The molecule has 6 heteroatoms. The van der Waals surface area contributed by atoms with Gasteiger partial charge < -0.3 is 15.5 Å². The van der Waals surface area contributed by atoms with Crippen molar-refractivity contribution < 1.29 is 9.59 Å². The van der Waals surface area contributed by atoms with E-state index in [0.29, 0.717) is 25.2 Å². The Morgan fingerprint density at radius 2 is 1.62 bits per heavy atom. The van der Waals surface area contributed by atoms with E-state index < -0.39 is 0 Å². The Balaban J connectivity index is 0.00000220. The maximum atomic E-state index is 12.3. The average Bonchev–Trinajstić information content (AvgIpc) is 2.67. The second-order valence-electron chi connectivity index (χ2n) is 5.16. The van der Waals surface area contributed by atoms with Gasteiger partial charge in [-0.1, -0.05) is 12.1 Å². The highest BCUT2D eigenvalue weighted by atomic mass is 35.5. The molecule has 1 aliphatic rings. The molecule has 1 aliphatic heterocycles. The van der Waals surface area contributed by atoms with Crippen molar-refractivity contribution in [3.8, 4) is 0 Å². The van der Waals surface area contributed by atoms with Crippen molar-refractivity contribution in [1.82, 2.24) is 9.80 Å². The van der Waals surface area contributed by atoms with Gasteiger partial charge in [-0.25, -0.2) is 0 Å². The third-order valence-electron chi connectivity index (χ3n) is 3.63. The lowest BCUT2D eigenvalue weighted by atomic mass is 10.1. The third-order valence-corrected chi connectivity index (χ3v) is 3.63. The monoisotopic (exact) mass is 311 g/mol. The summed E-state index contributed by atoms with van der Waals surface area (Å²) in [6.45, 7) is 4.28. The number of carbonyl (C=O) groups is 2.